The Morgan fingerprint density at radius 1 is 1.43 bits per heavy atom. The van der Waals surface area contributed by atoms with Gasteiger partial charge in [0, 0.05) is 18.5 Å². The van der Waals surface area contributed by atoms with Crippen LogP contribution in [-0.4, -0.2) is 27.7 Å². The number of aliphatic hydroxyl groups is 1. The van der Waals surface area contributed by atoms with Crippen molar-refractivity contribution in [3.63, 3.8) is 0 Å². The fraction of sp³-hybridized carbons (Fsp3) is 0.714. The molecule has 21 heavy (non-hydrogen) atoms. The van der Waals surface area contributed by atoms with E-state index in [-0.39, 0.29) is 19.4 Å². The maximum Gasteiger partial charge on any atom is 0.352 e. The molecule has 0 bridgehead atoms. The minimum absolute atomic E-state index is 0.0545. The van der Waals surface area contributed by atoms with Gasteiger partial charge in [0.1, 0.15) is 11.4 Å². The normalized spacial score (nSPS) is 17.4. The minimum Gasteiger partial charge on any atom is -0.383 e. The van der Waals surface area contributed by atoms with Crippen LogP contribution in [0.4, 0.5) is 8.78 Å². The van der Waals surface area contributed by atoms with Crippen LogP contribution in [0.3, 0.4) is 0 Å². The molecule has 0 radical (unpaired) electrons. The number of nitrogens with one attached hydrogen (secondary N) is 1. The molecule has 2 N–H and O–H groups in total. The number of nitrogens with zero attached hydrogens (tertiary/aromatic N) is 1. The molecule has 1 aliphatic rings. The van der Waals surface area contributed by atoms with E-state index >= 15 is 0 Å². The molecule has 0 saturated heterocycles. The molecule has 1 aromatic heterocycles. The second-order valence-corrected chi connectivity index (χ2v) is 5.38. The molecule has 7 heteroatoms. The summed E-state index contributed by atoms with van der Waals surface area (Å²) in [4.78, 5) is 11.7. The summed E-state index contributed by atoms with van der Waals surface area (Å²) in [5.41, 5.74) is -0.907. The van der Waals surface area contributed by atoms with Crippen molar-refractivity contribution in [1.29, 1.82) is 0 Å². The molecule has 0 spiro atoms. The van der Waals surface area contributed by atoms with E-state index in [4.69, 9.17) is 4.52 Å². The topological polar surface area (TPSA) is 75.4 Å². The van der Waals surface area contributed by atoms with Crippen LogP contribution < -0.4 is 5.32 Å². The molecule has 0 atom stereocenters. The Bertz CT molecular complexity index is 503. The van der Waals surface area contributed by atoms with E-state index in [0.29, 0.717) is 36.3 Å². The molecule has 1 amide bonds. The Kier molecular flexibility index (Phi) is 4.32. The summed E-state index contributed by atoms with van der Waals surface area (Å²) in [5.74, 6) is -4.64. The van der Waals surface area contributed by atoms with Gasteiger partial charge >= 0.3 is 5.92 Å². The summed E-state index contributed by atoms with van der Waals surface area (Å²) in [6.07, 6.45) is 1.56. The van der Waals surface area contributed by atoms with Crippen LogP contribution in [0.15, 0.2) is 4.52 Å². The second-order valence-electron chi connectivity index (χ2n) is 5.38. The number of rotatable bonds is 6. The molecule has 0 aromatic carbocycles. The lowest BCUT2D eigenvalue weighted by Crippen LogP contribution is -2.60. The molecular formula is C14H20F2N2O3. The van der Waals surface area contributed by atoms with Crippen LogP contribution >= 0.6 is 0 Å². The molecule has 2 rings (SSSR count). The Labute approximate surface area is 121 Å². The quantitative estimate of drug-likeness (QED) is 0.842. The van der Waals surface area contributed by atoms with Crippen molar-refractivity contribution in [2.24, 2.45) is 0 Å². The van der Waals surface area contributed by atoms with E-state index < -0.39 is 17.4 Å². The lowest BCUT2D eigenvalue weighted by molar-refractivity contribution is -0.216. The number of halogens is 2. The zero-order valence-corrected chi connectivity index (χ0v) is 12.2. The van der Waals surface area contributed by atoms with Gasteiger partial charge in [0.2, 0.25) is 0 Å². The third-order valence-corrected chi connectivity index (χ3v) is 4.08. The number of carbonyl (C=O) groups excluding carboxylic acids is 1. The fourth-order valence-electron chi connectivity index (χ4n) is 2.45. The maximum atomic E-state index is 13.9. The number of hydrogen-bond acceptors (Lipinski definition) is 4. The first-order valence-corrected chi connectivity index (χ1v) is 7.20. The largest absolute Gasteiger partial charge is 0.383 e. The van der Waals surface area contributed by atoms with E-state index in [9.17, 15) is 18.7 Å². The first kappa shape index (κ1) is 15.9. The predicted octanol–water partition coefficient (Wildman–Crippen LogP) is 1.97. The van der Waals surface area contributed by atoms with Gasteiger partial charge in [-0.05, 0) is 25.7 Å². The Morgan fingerprint density at radius 3 is 2.57 bits per heavy atom. The van der Waals surface area contributed by atoms with Gasteiger partial charge in [0.25, 0.3) is 5.91 Å². The summed E-state index contributed by atoms with van der Waals surface area (Å²) in [6, 6.07) is 0. The number of hydrogen-bond donors (Lipinski definition) is 2. The van der Waals surface area contributed by atoms with E-state index in [1.54, 1.807) is 0 Å². The van der Waals surface area contributed by atoms with Gasteiger partial charge in [0.15, 0.2) is 0 Å². The van der Waals surface area contributed by atoms with Gasteiger partial charge in [0.05, 0.1) is 5.69 Å². The zero-order valence-electron chi connectivity index (χ0n) is 12.2. The van der Waals surface area contributed by atoms with Crippen molar-refractivity contribution in [3.05, 3.63) is 17.0 Å². The van der Waals surface area contributed by atoms with Crippen LogP contribution in [0.2, 0.25) is 0 Å². The van der Waals surface area contributed by atoms with Gasteiger partial charge in [-0.1, -0.05) is 19.0 Å². The molecule has 0 unspecified atom stereocenters. The van der Waals surface area contributed by atoms with Crippen molar-refractivity contribution < 1.29 is 23.2 Å². The van der Waals surface area contributed by atoms with Crippen LogP contribution in [0, 0.1) is 0 Å². The first-order chi connectivity index (χ1) is 9.85. The van der Waals surface area contributed by atoms with Crippen molar-refractivity contribution in [2.75, 3.05) is 0 Å². The molecule has 1 aromatic rings. The van der Waals surface area contributed by atoms with Gasteiger partial charge < -0.3 is 14.9 Å². The number of alkyl halides is 2. The Hall–Kier alpha value is -1.50. The zero-order chi connectivity index (χ0) is 15.7. The molecular weight excluding hydrogens is 282 g/mol. The lowest BCUT2D eigenvalue weighted by Gasteiger charge is -2.41. The highest BCUT2D eigenvalue weighted by Gasteiger charge is 2.61. The summed E-state index contributed by atoms with van der Waals surface area (Å²) < 4.78 is 33.0. The smallest absolute Gasteiger partial charge is 0.352 e. The Balaban J connectivity index is 2.06. The standard InChI is InChI=1S/C14H20F2N2O3/c1-3-10-9(11(4-2)21-18-10)8-17-12(19)14(15,16)13(20)6-5-7-13/h20H,3-8H2,1-2H3,(H,17,19). The van der Waals surface area contributed by atoms with Crippen LogP contribution in [0.25, 0.3) is 0 Å². The average molecular weight is 302 g/mol. The van der Waals surface area contributed by atoms with Crippen LogP contribution in [0.5, 0.6) is 0 Å². The van der Waals surface area contributed by atoms with Gasteiger partial charge in [-0.25, -0.2) is 0 Å². The number of aromatic nitrogens is 1. The van der Waals surface area contributed by atoms with Gasteiger partial charge in [-0.15, -0.1) is 0 Å². The van der Waals surface area contributed by atoms with Crippen molar-refractivity contribution in [1.82, 2.24) is 10.5 Å². The summed E-state index contributed by atoms with van der Waals surface area (Å²) >= 11 is 0. The number of aryl methyl sites for hydroxylation is 2. The third kappa shape index (κ3) is 2.66. The molecule has 1 aliphatic carbocycles. The minimum atomic E-state index is -3.78. The molecule has 0 aliphatic heterocycles. The van der Waals surface area contributed by atoms with Gasteiger partial charge in [-0.2, -0.15) is 8.78 Å². The SMILES string of the molecule is CCc1noc(CC)c1CNC(=O)C(F)(F)C1(O)CCC1. The fourth-order valence-corrected chi connectivity index (χ4v) is 2.45. The molecule has 5 nitrogen and oxygen atoms in total. The third-order valence-electron chi connectivity index (χ3n) is 4.08. The van der Waals surface area contributed by atoms with E-state index in [1.807, 2.05) is 13.8 Å². The maximum absolute atomic E-state index is 13.9. The van der Waals surface area contributed by atoms with Gasteiger partial charge in [-0.3, -0.25) is 4.79 Å². The van der Waals surface area contributed by atoms with Crippen molar-refractivity contribution in [3.8, 4) is 0 Å². The number of carbonyl (C=O) groups is 1. The lowest BCUT2D eigenvalue weighted by atomic mass is 9.75. The van der Waals surface area contributed by atoms with Crippen molar-refractivity contribution in [2.45, 2.75) is 64.0 Å². The second kappa shape index (κ2) is 5.71. The summed E-state index contributed by atoms with van der Waals surface area (Å²) in [6.45, 7) is 3.66. The molecule has 1 heterocycles. The summed E-state index contributed by atoms with van der Waals surface area (Å²) in [5, 5.41) is 15.8. The average Bonchev–Trinajstić information content (AvgIpc) is 2.83. The highest BCUT2D eigenvalue weighted by atomic mass is 19.3. The van der Waals surface area contributed by atoms with Crippen LogP contribution in [-0.2, 0) is 24.2 Å². The molecule has 118 valence electrons. The highest BCUT2D eigenvalue weighted by molar-refractivity contribution is 5.85. The highest BCUT2D eigenvalue weighted by Crippen LogP contribution is 2.44. The molecule has 1 fully saturated rings. The first-order valence-electron chi connectivity index (χ1n) is 7.20. The van der Waals surface area contributed by atoms with Crippen molar-refractivity contribution >= 4 is 5.91 Å². The van der Waals surface area contributed by atoms with E-state index in [1.165, 1.54) is 0 Å². The van der Waals surface area contributed by atoms with E-state index in [0.717, 1.165) is 0 Å². The number of amides is 1. The molecule has 1 saturated carbocycles. The predicted molar refractivity (Wildman–Crippen MR) is 70.9 cm³/mol. The van der Waals surface area contributed by atoms with E-state index in [2.05, 4.69) is 10.5 Å². The van der Waals surface area contributed by atoms with Crippen LogP contribution in [0.1, 0.15) is 50.1 Å². The Morgan fingerprint density at radius 2 is 2.10 bits per heavy atom. The monoisotopic (exact) mass is 302 g/mol. The summed E-state index contributed by atoms with van der Waals surface area (Å²) in [7, 11) is 0.